The second-order valence-corrected chi connectivity index (χ2v) is 17.3. The molecule has 0 aliphatic carbocycles. The Bertz CT molecular complexity index is 2660. The first-order chi connectivity index (χ1) is 25.0. The summed E-state index contributed by atoms with van der Waals surface area (Å²) < 4.78 is 6.92. The third kappa shape index (κ3) is 5.39. The van der Waals surface area contributed by atoms with Crippen molar-refractivity contribution in [2.75, 3.05) is 0 Å². The van der Waals surface area contributed by atoms with Gasteiger partial charge in [-0.1, -0.05) is 84.4 Å². The fourth-order valence-electron chi connectivity index (χ4n) is 7.86. The number of benzene rings is 6. The summed E-state index contributed by atoms with van der Waals surface area (Å²) in [5.41, 5.74) is 6.71. The van der Waals surface area contributed by atoms with Crippen molar-refractivity contribution >= 4 is 61.7 Å². The van der Waals surface area contributed by atoms with E-state index in [2.05, 4.69) is 205 Å². The monoisotopic (exact) mass is 868 g/mol. The topological polar surface area (TPSA) is 27.7 Å². The molecule has 9 aromatic rings. The minimum atomic E-state index is -3.01. The molecule has 0 radical (unpaired) electrons. The average Bonchev–Trinajstić information content (AvgIpc) is 3.73. The molecular weight excluding hydrogens is 832 g/mol. The van der Waals surface area contributed by atoms with Crippen LogP contribution in [0.15, 0.2) is 164 Å². The van der Waals surface area contributed by atoms with Gasteiger partial charge in [-0.15, -0.1) is 22.7 Å². The van der Waals surface area contributed by atoms with E-state index in [0.29, 0.717) is 6.04 Å². The molecule has 0 aliphatic rings. The van der Waals surface area contributed by atoms with Gasteiger partial charge in [-0.3, -0.25) is 0 Å². The summed E-state index contributed by atoms with van der Waals surface area (Å²) in [4.78, 5) is 4.88. The maximum atomic E-state index is 4.88. The maximum absolute atomic E-state index is 4.88. The Balaban J connectivity index is 0.00000387. The third-order valence-corrected chi connectivity index (χ3v) is 14.8. The summed E-state index contributed by atoms with van der Waals surface area (Å²) in [5, 5.41) is 7.27. The molecule has 0 spiro atoms. The van der Waals surface area contributed by atoms with Crippen LogP contribution in [0.3, 0.4) is 0 Å². The van der Waals surface area contributed by atoms with Gasteiger partial charge in [0.05, 0.1) is 6.04 Å². The molecule has 9 rings (SSSR count). The third-order valence-electron chi connectivity index (χ3n) is 10.2. The van der Waals surface area contributed by atoms with Crippen molar-refractivity contribution < 1.29 is 21.1 Å². The molecule has 0 saturated carbocycles. The Labute approximate surface area is 319 Å². The zero-order chi connectivity index (χ0) is 34.5. The van der Waals surface area contributed by atoms with Crippen molar-refractivity contribution in [2.24, 2.45) is 0 Å². The molecule has 3 heterocycles. The number of para-hydroxylation sites is 3. The summed E-state index contributed by atoms with van der Waals surface area (Å²) in [7, 11) is -3.01. The van der Waals surface area contributed by atoms with Gasteiger partial charge in [-0.25, -0.2) is 14.1 Å². The van der Waals surface area contributed by atoms with Gasteiger partial charge in [0.25, 0.3) is 0 Å². The van der Waals surface area contributed by atoms with Crippen LogP contribution >= 0.6 is 0 Å². The minimum Gasteiger partial charge on any atom is -0.319 e. The number of fused-ring (bicyclic) bond motifs is 4. The van der Waals surface area contributed by atoms with E-state index in [1.165, 1.54) is 37.2 Å². The van der Waals surface area contributed by atoms with Crippen LogP contribution in [0.4, 0.5) is 0 Å². The second kappa shape index (κ2) is 13.6. The van der Waals surface area contributed by atoms with Gasteiger partial charge >= 0.3 is 0 Å². The van der Waals surface area contributed by atoms with Gasteiger partial charge in [0.15, 0.2) is 17.4 Å². The average molecular weight is 869 g/mol. The molecule has 0 aliphatic heterocycles. The van der Waals surface area contributed by atoms with Crippen molar-refractivity contribution in [3.8, 4) is 11.5 Å². The van der Waals surface area contributed by atoms with Crippen LogP contribution in [0.25, 0.3) is 44.3 Å². The van der Waals surface area contributed by atoms with Crippen LogP contribution in [0, 0.1) is 19.1 Å². The quantitative estimate of drug-likeness (QED) is 0.0906. The van der Waals surface area contributed by atoms with Crippen molar-refractivity contribution in [1.29, 1.82) is 0 Å². The number of hydrogen-bond donors (Lipinski definition) is 0. The molecule has 0 amide bonds. The summed E-state index contributed by atoms with van der Waals surface area (Å²) >= 11 is 0. The van der Waals surface area contributed by atoms with E-state index in [1.54, 1.807) is 0 Å². The van der Waals surface area contributed by atoms with Gasteiger partial charge in [-0.2, -0.15) is 35.5 Å². The van der Waals surface area contributed by atoms with Gasteiger partial charge in [0.1, 0.15) is 13.9 Å². The fourth-order valence-corrected chi connectivity index (χ4v) is 12.4. The molecule has 0 bridgehead atoms. The number of imidazole rings is 1. The van der Waals surface area contributed by atoms with E-state index in [0.717, 1.165) is 33.4 Å². The van der Waals surface area contributed by atoms with Gasteiger partial charge in [-0.05, 0) is 72.4 Å². The predicted octanol–water partition coefficient (Wildman–Crippen LogP) is 8.07. The largest absolute Gasteiger partial charge is 0.319 e. The zero-order valence-corrected chi connectivity index (χ0v) is 32.5. The van der Waals surface area contributed by atoms with Crippen LogP contribution in [0.2, 0.25) is 0 Å². The number of hydrogen-bond acceptors (Lipinski definition) is 1. The molecule has 3 aromatic heterocycles. The first-order valence-corrected chi connectivity index (χ1v) is 19.6. The minimum absolute atomic E-state index is 0. The summed E-state index contributed by atoms with van der Waals surface area (Å²) in [6.45, 7) is 6.59. The van der Waals surface area contributed by atoms with E-state index in [1.807, 2.05) is 6.20 Å². The summed E-state index contributed by atoms with van der Waals surface area (Å²) in [6, 6.07) is 63.3. The second-order valence-electron chi connectivity index (χ2n) is 13.6. The van der Waals surface area contributed by atoms with Gasteiger partial charge in [0.2, 0.25) is 0 Å². The van der Waals surface area contributed by atoms with Crippen LogP contribution in [0.5, 0.6) is 0 Å². The number of aromatic nitrogens is 4. The van der Waals surface area contributed by atoms with Crippen LogP contribution < -0.4 is 20.7 Å². The van der Waals surface area contributed by atoms with Crippen molar-refractivity contribution in [2.45, 2.75) is 26.8 Å². The molecule has 0 atom stereocenters. The molecule has 6 aromatic carbocycles. The summed E-state index contributed by atoms with van der Waals surface area (Å²) in [5.74, 6) is 0.896. The van der Waals surface area contributed by atoms with Gasteiger partial charge < -0.3 is 4.57 Å². The maximum Gasteiger partial charge on any atom is 0.188 e. The molecule has 0 saturated heterocycles. The van der Waals surface area contributed by atoms with Gasteiger partial charge in [0, 0.05) is 50.6 Å². The Hall–Kier alpha value is -5.35. The number of nitrogens with zero attached hydrogens (tertiary/aromatic N) is 4. The smallest absolute Gasteiger partial charge is 0.188 e. The molecular formula is C46H37N4PtSi-. The van der Waals surface area contributed by atoms with E-state index in [4.69, 9.17) is 4.98 Å². The van der Waals surface area contributed by atoms with Crippen LogP contribution in [-0.4, -0.2) is 26.8 Å². The van der Waals surface area contributed by atoms with Crippen molar-refractivity contribution in [3.63, 3.8) is 0 Å². The van der Waals surface area contributed by atoms with E-state index in [-0.39, 0.29) is 21.1 Å². The molecule has 0 fully saturated rings. The van der Waals surface area contributed by atoms with E-state index >= 15 is 0 Å². The Morgan fingerprint density at radius 2 is 1.25 bits per heavy atom. The molecule has 0 N–H and O–H groups in total. The Kier molecular flexibility index (Phi) is 8.86. The number of rotatable bonds is 7. The SMILES string of the molecule is Cc1ccnc(-n2c3[c-]c([Si](c4[c-]c(-n5[cH+]n(C(C)C)c6ccccc65)ccc4)(c4ccccc4)c4ccccc4)ccc3c3ccccc32)c1.[Pt]. The fraction of sp³-hybridized carbons (Fsp3) is 0.0870. The normalized spacial score (nSPS) is 11.8. The first kappa shape index (κ1) is 33.8. The number of pyridine rings is 1. The Morgan fingerprint density at radius 3 is 1.94 bits per heavy atom. The molecule has 256 valence electrons. The van der Waals surface area contributed by atoms with Crippen LogP contribution in [0.1, 0.15) is 25.5 Å². The standard InChI is InChI=1S/C46H37N4Si.Pt/c1-33(2)48-32-49(44-24-13-12-23-43(44)48)35-15-14-20-38(30-35)51(36-16-6-4-7-17-36,37-18-8-5-9-19-37)39-25-26-41-40-21-10-11-22-42(40)50(45(41)31-39)46-29-34(3)27-28-47-46;/h4-29,32-33H,1-3H3;/q-1;. The predicted molar refractivity (Wildman–Crippen MR) is 214 cm³/mol. The number of aryl methyl sites for hydroxylation is 1. The van der Waals surface area contributed by atoms with E-state index in [9.17, 15) is 0 Å². The Morgan fingerprint density at radius 1 is 0.615 bits per heavy atom. The van der Waals surface area contributed by atoms with Crippen LogP contribution in [-0.2, 0) is 21.1 Å². The van der Waals surface area contributed by atoms with Crippen molar-refractivity contribution in [1.82, 2.24) is 18.7 Å². The first-order valence-electron chi connectivity index (χ1n) is 17.6. The zero-order valence-electron chi connectivity index (χ0n) is 29.3. The van der Waals surface area contributed by atoms with E-state index < -0.39 is 8.07 Å². The van der Waals surface area contributed by atoms with Crippen molar-refractivity contribution in [3.05, 3.63) is 182 Å². The molecule has 4 nitrogen and oxygen atoms in total. The molecule has 52 heavy (non-hydrogen) atoms. The molecule has 6 heteroatoms. The summed E-state index contributed by atoms with van der Waals surface area (Å²) in [6.07, 6.45) is 4.13. The molecule has 0 unspecified atom stereocenters.